The lowest BCUT2D eigenvalue weighted by Gasteiger charge is -2.36. The molecule has 0 radical (unpaired) electrons. The van der Waals surface area contributed by atoms with E-state index in [1.54, 1.807) is 0 Å². The van der Waals surface area contributed by atoms with E-state index < -0.39 is 0 Å². The molecule has 3 aliphatic rings. The van der Waals surface area contributed by atoms with Gasteiger partial charge in [-0.05, 0) is 71.1 Å². The number of rotatable bonds is 4. The molecule has 0 fully saturated rings. The smallest absolute Gasteiger partial charge is 0.184 e. The van der Waals surface area contributed by atoms with Gasteiger partial charge in [-0.2, -0.15) is 0 Å². The summed E-state index contributed by atoms with van der Waals surface area (Å²) in [5, 5.41) is 12.9. The first kappa shape index (κ1) is 30.5. The summed E-state index contributed by atoms with van der Waals surface area (Å²) in [4.78, 5) is 5.56. The molecule has 0 spiro atoms. The highest BCUT2D eigenvalue weighted by Crippen LogP contribution is 2.51. The van der Waals surface area contributed by atoms with Crippen molar-refractivity contribution in [3.8, 4) is 16.8 Å². The standard InChI is InChI=1S/C48H39N5/c1-48(2)39-23-10-6-19-33(39)37-28-38-36-22-9-13-26-43(36)53(44(38)29-40(37)48)47-50-45(30-15-4-3-5-16-30)49-46(51-47)31-17-14-18-32(27-31)52-41-24-11-7-20-34(41)35-21-8-12-25-42(35)52/h3-15,17-30,45,47,50H,16H2,1-2H3,(H,49,51). The van der Waals surface area contributed by atoms with Gasteiger partial charge in [0.2, 0.25) is 0 Å². The first-order valence-electron chi connectivity index (χ1n) is 18.7. The SMILES string of the molecule is CC1(C)c2ccccc2-c2cc3c4ccccc4n(C4N=C(c5cccc(-n6c7ccccc7c7ccccc76)c5)NC(C5C=CC=CC5)N4)c3cc21. The first-order chi connectivity index (χ1) is 26.0. The number of nitrogens with zero attached hydrogens (tertiary/aromatic N) is 3. The summed E-state index contributed by atoms with van der Waals surface area (Å²) >= 11 is 0. The number of benzene rings is 6. The summed E-state index contributed by atoms with van der Waals surface area (Å²) in [5.41, 5.74) is 12.3. The fourth-order valence-corrected chi connectivity index (χ4v) is 9.36. The lowest BCUT2D eigenvalue weighted by atomic mass is 9.82. The fourth-order valence-electron chi connectivity index (χ4n) is 9.36. The third-order valence-electron chi connectivity index (χ3n) is 11.9. The zero-order valence-electron chi connectivity index (χ0n) is 29.8. The van der Waals surface area contributed by atoms with Crippen molar-refractivity contribution < 1.29 is 0 Å². The summed E-state index contributed by atoms with van der Waals surface area (Å²) in [5.74, 6) is 1.16. The van der Waals surface area contributed by atoms with Crippen molar-refractivity contribution in [2.24, 2.45) is 10.9 Å². The van der Waals surface area contributed by atoms with Gasteiger partial charge in [0.1, 0.15) is 5.84 Å². The van der Waals surface area contributed by atoms with Crippen LogP contribution in [0.1, 0.15) is 43.2 Å². The second-order valence-electron chi connectivity index (χ2n) is 15.2. The molecule has 6 aromatic carbocycles. The molecule has 2 aromatic heterocycles. The number of para-hydroxylation sites is 3. The Balaban J connectivity index is 1.11. The Hall–Kier alpha value is -6.17. The molecule has 11 rings (SSSR count). The topological polar surface area (TPSA) is 46.3 Å². The number of aromatic nitrogens is 2. The average Bonchev–Trinajstić information content (AvgIpc) is 3.80. The van der Waals surface area contributed by atoms with Gasteiger partial charge in [-0.15, -0.1) is 0 Å². The third kappa shape index (κ3) is 4.50. The largest absolute Gasteiger partial charge is 0.354 e. The van der Waals surface area contributed by atoms with E-state index in [9.17, 15) is 0 Å². The van der Waals surface area contributed by atoms with Crippen LogP contribution in [0.25, 0.3) is 60.4 Å². The maximum Gasteiger partial charge on any atom is 0.184 e. The van der Waals surface area contributed by atoms with Crippen LogP contribution in [0.2, 0.25) is 0 Å². The van der Waals surface area contributed by atoms with Crippen molar-refractivity contribution in [3.63, 3.8) is 0 Å². The molecule has 256 valence electrons. The Morgan fingerprint density at radius 1 is 0.623 bits per heavy atom. The molecular weight excluding hydrogens is 647 g/mol. The molecule has 0 bridgehead atoms. The van der Waals surface area contributed by atoms with E-state index in [0.717, 1.165) is 23.5 Å². The van der Waals surface area contributed by atoms with Gasteiger partial charge in [-0.1, -0.05) is 129 Å². The number of amidine groups is 1. The zero-order valence-corrected chi connectivity index (χ0v) is 29.8. The molecule has 8 aromatic rings. The number of hydrogen-bond acceptors (Lipinski definition) is 3. The van der Waals surface area contributed by atoms with Crippen LogP contribution in [0, 0.1) is 5.92 Å². The Morgan fingerprint density at radius 3 is 2.08 bits per heavy atom. The average molecular weight is 686 g/mol. The number of allylic oxidation sites excluding steroid dienone is 3. The van der Waals surface area contributed by atoms with Gasteiger partial charge in [0.15, 0.2) is 6.29 Å². The quantitative estimate of drug-likeness (QED) is 0.194. The molecule has 3 unspecified atom stereocenters. The second-order valence-corrected chi connectivity index (χ2v) is 15.2. The van der Waals surface area contributed by atoms with Crippen molar-refractivity contribution in [2.75, 3.05) is 0 Å². The van der Waals surface area contributed by atoms with Gasteiger partial charge in [0.25, 0.3) is 0 Å². The predicted molar refractivity (Wildman–Crippen MR) is 220 cm³/mol. The highest BCUT2D eigenvalue weighted by Gasteiger charge is 2.37. The minimum absolute atomic E-state index is 0.0306. The summed E-state index contributed by atoms with van der Waals surface area (Å²) in [6, 6.07) is 48.9. The van der Waals surface area contributed by atoms with Gasteiger partial charge in [-0.25, -0.2) is 4.99 Å². The summed E-state index contributed by atoms with van der Waals surface area (Å²) in [6.45, 7) is 4.72. The number of nitrogens with one attached hydrogen (secondary N) is 2. The Bertz CT molecular complexity index is 2830. The minimum atomic E-state index is -0.334. The predicted octanol–water partition coefficient (Wildman–Crippen LogP) is 10.8. The molecule has 0 saturated carbocycles. The maximum atomic E-state index is 5.56. The summed E-state index contributed by atoms with van der Waals surface area (Å²) in [6.07, 6.45) is 9.49. The van der Waals surface area contributed by atoms with Crippen molar-refractivity contribution in [2.45, 2.75) is 38.1 Å². The van der Waals surface area contributed by atoms with Crippen LogP contribution in [-0.2, 0) is 5.41 Å². The van der Waals surface area contributed by atoms with Gasteiger partial charge < -0.3 is 14.5 Å². The second kappa shape index (κ2) is 11.4. The molecule has 3 atom stereocenters. The molecule has 5 nitrogen and oxygen atoms in total. The molecule has 1 aliphatic heterocycles. The summed E-state index contributed by atoms with van der Waals surface area (Å²) in [7, 11) is 0. The highest BCUT2D eigenvalue weighted by molar-refractivity contribution is 6.11. The highest BCUT2D eigenvalue weighted by atomic mass is 15.4. The molecule has 2 N–H and O–H groups in total. The molecule has 2 aliphatic carbocycles. The minimum Gasteiger partial charge on any atom is -0.354 e. The lowest BCUT2D eigenvalue weighted by Crippen LogP contribution is -2.55. The zero-order chi connectivity index (χ0) is 35.3. The molecule has 3 heterocycles. The van der Waals surface area contributed by atoms with E-state index in [4.69, 9.17) is 4.99 Å². The van der Waals surface area contributed by atoms with Crippen LogP contribution >= 0.6 is 0 Å². The van der Waals surface area contributed by atoms with Crippen molar-refractivity contribution >= 4 is 49.4 Å². The van der Waals surface area contributed by atoms with Crippen molar-refractivity contribution in [1.29, 1.82) is 0 Å². The Labute approximate surface area is 308 Å². The molecule has 0 saturated heterocycles. The monoisotopic (exact) mass is 685 g/mol. The van der Waals surface area contributed by atoms with E-state index in [2.05, 4.69) is 191 Å². The Morgan fingerprint density at radius 2 is 1.32 bits per heavy atom. The van der Waals surface area contributed by atoms with Gasteiger partial charge in [-0.3, -0.25) is 5.32 Å². The molecule has 5 heteroatoms. The lowest BCUT2D eigenvalue weighted by molar-refractivity contribution is 0.286. The maximum absolute atomic E-state index is 5.56. The molecule has 0 amide bonds. The van der Waals surface area contributed by atoms with Gasteiger partial charge >= 0.3 is 0 Å². The van der Waals surface area contributed by atoms with Crippen LogP contribution < -0.4 is 10.6 Å². The van der Waals surface area contributed by atoms with Crippen LogP contribution in [0.15, 0.2) is 163 Å². The normalized spacial score (nSPS) is 20.2. The van der Waals surface area contributed by atoms with Crippen molar-refractivity contribution in [3.05, 3.63) is 174 Å². The fraction of sp³-hybridized carbons (Fsp3) is 0.146. The molecule has 53 heavy (non-hydrogen) atoms. The summed E-state index contributed by atoms with van der Waals surface area (Å²) < 4.78 is 4.82. The van der Waals surface area contributed by atoms with Crippen molar-refractivity contribution in [1.82, 2.24) is 19.8 Å². The van der Waals surface area contributed by atoms with Gasteiger partial charge in [0.05, 0.1) is 28.2 Å². The van der Waals surface area contributed by atoms with E-state index in [0.29, 0.717) is 0 Å². The number of hydrogen-bond donors (Lipinski definition) is 2. The molecular formula is C48H39N5. The number of fused-ring (bicyclic) bond motifs is 9. The van der Waals surface area contributed by atoms with Crippen LogP contribution in [0.5, 0.6) is 0 Å². The van der Waals surface area contributed by atoms with Crippen LogP contribution in [-0.4, -0.2) is 21.1 Å². The van der Waals surface area contributed by atoms with Gasteiger partial charge in [0, 0.05) is 44.1 Å². The van der Waals surface area contributed by atoms with Crippen LogP contribution in [0.4, 0.5) is 0 Å². The van der Waals surface area contributed by atoms with E-state index in [1.165, 1.54) is 65.9 Å². The van der Waals surface area contributed by atoms with Crippen LogP contribution in [0.3, 0.4) is 0 Å². The van der Waals surface area contributed by atoms with E-state index >= 15 is 0 Å². The first-order valence-corrected chi connectivity index (χ1v) is 18.7. The Kier molecular flexibility index (Phi) is 6.56. The van der Waals surface area contributed by atoms with E-state index in [-0.39, 0.29) is 23.8 Å². The van der Waals surface area contributed by atoms with E-state index in [1.807, 2.05) is 0 Å². The number of aliphatic imine (C=N–C) groups is 1. The third-order valence-corrected chi connectivity index (χ3v) is 11.9.